The number of likely N-dealkylation sites (N-methyl/N-ethyl adjacent to an activating group) is 2. The molecule has 5 rings (SSSR count). The second-order valence-electron chi connectivity index (χ2n) is 21.3. The second kappa shape index (κ2) is 23.0. The van der Waals surface area contributed by atoms with Gasteiger partial charge in [0.05, 0.1) is 58.7 Å². The maximum atomic E-state index is 14.5. The number of cyclic esters (lactones) is 1. The number of ether oxygens (including phenoxy) is 6. The summed E-state index contributed by atoms with van der Waals surface area (Å²) in [6.45, 7) is 18.8. The Balaban J connectivity index is 1.44. The van der Waals surface area contributed by atoms with E-state index in [9.17, 15) is 38.7 Å². The van der Waals surface area contributed by atoms with Crippen LogP contribution in [0.1, 0.15) is 106 Å². The first-order valence-corrected chi connectivity index (χ1v) is 26.4. The van der Waals surface area contributed by atoms with E-state index in [0.717, 1.165) is 11.3 Å². The van der Waals surface area contributed by atoms with Crippen LogP contribution in [0.5, 0.6) is 0 Å². The van der Waals surface area contributed by atoms with Gasteiger partial charge in [-0.3, -0.25) is 4.79 Å². The summed E-state index contributed by atoms with van der Waals surface area (Å²) in [5.41, 5.74) is -2.96. The van der Waals surface area contributed by atoms with Crippen LogP contribution in [-0.2, 0) is 56.0 Å². The summed E-state index contributed by atoms with van der Waals surface area (Å²) in [6, 6.07) is 5.62. The van der Waals surface area contributed by atoms with Crippen LogP contribution >= 0.6 is 0 Å². The van der Waals surface area contributed by atoms with Gasteiger partial charge in [-0.1, -0.05) is 38.1 Å². The Morgan fingerprint density at radius 2 is 1.61 bits per heavy atom. The van der Waals surface area contributed by atoms with Gasteiger partial charge in [0.15, 0.2) is 22.4 Å². The molecule has 3 aliphatic rings. The molecule has 2 aromatic rings. The molecule has 1 aromatic carbocycles. The van der Waals surface area contributed by atoms with Gasteiger partial charge in [-0.15, -0.1) is 5.10 Å². The molecule has 19 nitrogen and oxygen atoms in total. The average molecular weight is 998 g/mol. The van der Waals surface area contributed by atoms with Crippen molar-refractivity contribution in [2.45, 2.75) is 203 Å². The van der Waals surface area contributed by atoms with Crippen molar-refractivity contribution in [1.82, 2.24) is 24.8 Å². The van der Waals surface area contributed by atoms with Crippen LogP contribution in [0.3, 0.4) is 0 Å². The molecule has 3 fully saturated rings. The Bertz CT molecular complexity index is 2080. The molecule has 18 atom stereocenters. The van der Waals surface area contributed by atoms with Crippen LogP contribution in [-0.4, -0.2) is 196 Å². The molecule has 20 heteroatoms. The third kappa shape index (κ3) is 13.7. The molecule has 3 saturated heterocycles. The van der Waals surface area contributed by atoms with Gasteiger partial charge < -0.3 is 63.8 Å². The van der Waals surface area contributed by atoms with Crippen molar-refractivity contribution in [3.05, 3.63) is 41.7 Å². The highest BCUT2D eigenvalue weighted by molar-refractivity contribution is 7.90. The van der Waals surface area contributed by atoms with Crippen LogP contribution < -0.4 is 0 Å². The van der Waals surface area contributed by atoms with Crippen LogP contribution in [0.25, 0.3) is 0 Å². The van der Waals surface area contributed by atoms with Crippen LogP contribution in [0.15, 0.2) is 35.4 Å². The van der Waals surface area contributed by atoms with E-state index in [1.165, 1.54) is 20.3 Å². The van der Waals surface area contributed by atoms with E-state index < -0.39 is 112 Å². The SMILES string of the molecule is CC[C@H]1OC(=O)[C@H](C)[C@@H](O[C@H]2C[C@@](C)(OC)[C@@H](O)[C@H](C)O2)[C@H](C)[C@@H](O[C@@H]2O[C@H](C)C[C@H](N(C)CCc3cn(Cc4ccc(S(C)(=O)=O)cc4)nn3)[C@H]2O)[C@](C)(O)C[C@@H](C)CN(C)[C@H](C)[C@@H](O)[C@]1(C)O. The lowest BCUT2D eigenvalue weighted by Crippen LogP contribution is -2.61. The maximum absolute atomic E-state index is 14.5. The van der Waals surface area contributed by atoms with Crippen LogP contribution in [0, 0.1) is 17.8 Å². The Kier molecular flexibility index (Phi) is 19.1. The third-order valence-electron chi connectivity index (χ3n) is 15.1. The molecule has 4 heterocycles. The number of nitrogens with zero attached hydrogens (tertiary/aromatic N) is 5. The van der Waals surface area contributed by atoms with Gasteiger partial charge >= 0.3 is 5.97 Å². The molecule has 3 aliphatic heterocycles. The van der Waals surface area contributed by atoms with Crippen LogP contribution in [0.2, 0.25) is 0 Å². The fraction of sp³-hybridized carbons (Fsp3) is 0.816. The zero-order valence-corrected chi connectivity index (χ0v) is 44.1. The molecule has 0 amide bonds. The molecule has 0 radical (unpaired) electrons. The number of methoxy groups -OCH3 is 1. The second-order valence-corrected chi connectivity index (χ2v) is 23.3. The van der Waals surface area contributed by atoms with Gasteiger partial charge in [-0.2, -0.15) is 0 Å². The largest absolute Gasteiger partial charge is 0.459 e. The smallest absolute Gasteiger partial charge is 0.311 e. The first-order chi connectivity index (χ1) is 32.0. The number of sulfone groups is 1. The Morgan fingerprint density at radius 3 is 2.22 bits per heavy atom. The van der Waals surface area contributed by atoms with Crippen molar-refractivity contribution in [3.63, 3.8) is 0 Å². The summed E-state index contributed by atoms with van der Waals surface area (Å²) in [6.07, 6.45) is -5.71. The number of hydrogen-bond acceptors (Lipinski definition) is 18. The molecular formula is C49H83N5O14S. The number of carbonyl (C=O) groups is 1. The molecule has 0 saturated carbocycles. The Labute approximate surface area is 409 Å². The molecule has 0 bridgehead atoms. The molecule has 0 unspecified atom stereocenters. The van der Waals surface area contributed by atoms with E-state index in [-0.39, 0.29) is 36.2 Å². The van der Waals surface area contributed by atoms with Crippen molar-refractivity contribution in [3.8, 4) is 0 Å². The summed E-state index contributed by atoms with van der Waals surface area (Å²) >= 11 is 0. The van der Waals surface area contributed by atoms with Crippen molar-refractivity contribution < 1.29 is 67.2 Å². The summed E-state index contributed by atoms with van der Waals surface area (Å²) in [5.74, 6) is -2.82. The quantitative estimate of drug-likeness (QED) is 0.181. The maximum Gasteiger partial charge on any atom is 0.311 e. The minimum atomic E-state index is -3.31. The fourth-order valence-electron chi connectivity index (χ4n) is 10.7. The van der Waals surface area contributed by atoms with Crippen molar-refractivity contribution >= 4 is 15.8 Å². The zero-order chi connectivity index (χ0) is 51.6. The highest BCUT2D eigenvalue weighted by Gasteiger charge is 2.53. The zero-order valence-electron chi connectivity index (χ0n) is 43.3. The lowest BCUT2D eigenvalue weighted by atomic mass is 9.77. The number of rotatable bonds is 13. The van der Waals surface area contributed by atoms with Gasteiger partial charge in [0, 0.05) is 63.5 Å². The van der Waals surface area contributed by atoms with E-state index in [1.54, 1.807) is 77.4 Å². The molecule has 5 N–H and O–H groups in total. The van der Waals surface area contributed by atoms with Crippen LogP contribution in [0.4, 0.5) is 0 Å². The van der Waals surface area contributed by atoms with E-state index in [4.69, 9.17) is 28.4 Å². The fourth-order valence-corrected chi connectivity index (χ4v) is 11.3. The molecule has 69 heavy (non-hydrogen) atoms. The lowest BCUT2D eigenvalue weighted by molar-refractivity contribution is -0.318. The number of carbonyl (C=O) groups excluding carboxylic acids is 1. The highest BCUT2D eigenvalue weighted by atomic mass is 32.2. The van der Waals surface area contributed by atoms with Gasteiger partial charge in [-0.05, 0) is 105 Å². The lowest BCUT2D eigenvalue weighted by Gasteiger charge is -2.49. The molecule has 1 aromatic heterocycles. The number of hydrogen-bond donors (Lipinski definition) is 5. The number of benzene rings is 1. The normalized spacial score (nSPS) is 40.5. The van der Waals surface area contributed by atoms with E-state index in [2.05, 4.69) is 10.3 Å². The number of aromatic nitrogens is 3. The van der Waals surface area contributed by atoms with Gasteiger partial charge in [-0.25, -0.2) is 13.1 Å². The van der Waals surface area contributed by atoms with E-state index in [1.807, 2.05) is 43.9 Å². The first kappa shape index (κ1) is 57.2. The monoisotopic (exact) mass is 998 g/mol. The minimum absolute atomic E-state index is 0.0923. The van der Waals surface area contributed by atoms with Gasteiger partial charge in [0.25, 0.3) is 0 Å². The van der Waals surface area contributed by atoms with E-state index in [0.29, 0.717) is 32.5 Å². The van der Waals surface area contributed by atoms with Crippen molar-refractivity contribution in [2.75, 3.05) is 40.6 Å². The molecular weight excluding hydrogens is 915 g/mol. The standard InChI is InChI=1S/C49H83N5O14S/c1-15-38-49(10,60)42(56)32(6)53(12)25-28(2)23-47(8,59)44(30(4)41(31(5)45(58)66-38)67-39-24-48(9,63-13)43(57)33(7)65-39)68-46-40(55)37(22-29(3)64-46)52(11)21-20-35-27-54(51-50-35)26-34-16-18-36(19-17-34)69(14,61)62/h16-19,27-33,37-44,46,55-57,59-60H,15,20-26H2,1-14H3/t28-,29-,30+,31-,32-,33+,37+,38-,39+,40-,41+,42-,43+,44-,46+,47-,48-,49-/m1/s1. The Morgan fingerprint density at radius 1 is 0.957 bits per heavy atom. The number of esters is 1. The summed E-state index contributed by atoms with van der Waals surface area (Å²) < 4.78 is 63.7. The summed E-state index contributed by atoms with van der Waals surface area (Å²) in [5, 5.41) is 68.2. The number of aliphatic hydroxyl groups is 5. The molecule has 0 spiro atoms. The average Bonchev–Trinajstić information content (AvgIpc) is 3.73. The minimum Gasteiger partial charge on any atom is -0.459 e. The molecule has 0 aliphatic carbocycles. The predicted molar refractivity (Wildman–Crippen MR) is 256 cm³/mol. The topological polar surface area (TPSA) is 245 Å². The highest BCUT2D eigenvalue weighted by Crippen LogP contribution is 2.40. The summed E-state index contributed by atoms with van der Waals surface area (Å²) in [7, 11) is 1.92. The van der Waals surface area contributed by atoms with Crippen molar-refractivity contribution in [2.24, 2.45) is 17.8 Å². The summed E-state index contributed by atoms with van der Waals surface area (Å²) in [4.78, 5) is 18.6. The Hall–Kier alpha value is -2.70. The van der Waals surface area contributed by atoms with Gasteiger partial charge in [0.1, 0.15) is 30.0 Å². The predicted octanol–water partition coefficient (Wildman–Crippen LogP) is 2.56. The molecule has 394 valence electrons. The number of aliphatic hydroxyl groups excluding tert-OH is 3. The third-order valence-corrected chi connectivity index (χ3v) is 16.2. The first-order valence-electron chi connectivity index (χ1n) is 24.5. The van der Waals surface area contributed by atoms with E-state index >= 15 is 0 Å². The van der Waals surface area contributed by atoms with Gasteiger partial charge in [0.2, 0.25) is 0 Å². The van der Waals surface area contributed by atoms with Crippen molar-refractivity contribution in [1.29, 1.82) is 0 Å².